The standard InChI is InChI=1S/C16H22O7/c1-8(2)9-4-3-5-11(10(18)6-9)22-16-15(21)14(20)13(19)12(7-17)23-16/h3-6,8,12-17,19-21H,7H2,1-2H3/t12-,13-,14+,15-,16-/m0/s1. The van der Waals surface area contributed by atoms with Crippen LogP contribution in [0.5, 0.6) is 5.75 Å². The number of ether oxygens (including phenoxy) is 2. The predicted octanol–water partition coefficient (Wildman–Crippen LogP) is -0.651. The Morgan fingerprint density at radius 2 is 1.87 bits per heavy atom. The molecule has 1 saturated heterocycles. The summed E-state index contributed by atoms with van der Waals surface area (Å²) in [5, 5.41) is 38.5. The lowest BCUT2D eigenvalue weighted by molar-refractivity contribution is -0.277. The van der Waals surface area contributed by atoms with E-state index in [4.69, 9.17) is 14.6 Å². The summed E-state index contributed by atoms with van der Waals surface area (Å²) in [6.45, 7) is 3.34. The molecule has 0 bridgehead atoms. The second kappa shape index (κ2) is 7.37. The van der Waals surface area contributed by atoms with E-state index in [-0.39, 0.29) is 11.7 Å². The van der Waals surface area contributed by atoms with Gasteiger partial charge in [-0.25, -0.2) is 0 Å². The van der Waals surface area contributed by atoms with Gasteiger partial charge in [-0.05, 0) is 23.6 Å². The van der Waals surface area contributed by atoms with Gasteiger partial charge in [-0.15, -0.1) is 0 Å². The van der Waals surface area contributed by atoms with Gasteiger partial charge in [0, 0.05) is 0 Å². The van der Waals surface area contributed by atoms with Crippen LogP contribution in [0.1, 0.15) is 25.3 Å². The normalized spacial score (nSPS) is 31.2. The quantitative estimate of drug-likeness (QED) is 0.581. The largest absolute Gasteiger partial charge is 0.458 e. The van der Waals surface area contributed by atoms with Crippen molar-refractivity contribution in [3.63, 3.8) is 0 Å². The summed E-state index contributed by atoms with van der Waals surface area (Å²) in [6.07, 6.45) is -7.03. The monoisotopic (exact) mass is 326 g/mol. The molecule has 0 spiro atoms. The molecule has 0 aliphatic carbocycles. The molecule has 0 aromatic heterocycles. The Labute approximate surface area is 133 Å². The Bertz CT molecular complexity index is 587. The Kier molecular flexibility index (Phi) is 5.72. The molecular weight excluding hydrogens is 304 g/mol. The molecule has 1 aliphatic heterocycles. The molecule has 128 valence electrons. The van der Waals surface area contributed by atoms with Crippen molar-refractivity contribution in [2.24, 2.45) is 0 Å². The molecule has 0 saturated carbocycles. The zero-order chi connectivity index (χ0) is 17.1. The SMILES string of the molecule is CC(C)c1cccc(O[C@H]2O[C@@H](CO)[C@H](O)[C@@H](O)[C@@H]2O)c(=O)c1. The van der Waals surface area contributed by atoms with Gasteiger partial charge in [0.15, 0.2) is 5.75 Å². The maximum Gasteiger partial charge on any atom is 0.229 e. The fourth-order valence-corrected chi connectivity index (χ4v) is 2.35. The van der Waals surface area contributed by atoms with E-state index >= 15 is 0 Å². The number of aliphatic hydroxyl groups is 4. The Hall–Kier alpha value is -1.51. The van der Waals surface area contributed by atoms with Gasteiger partial charge in [0.2, 0.25) is 11.7 Å². The third-order valence-corrected chi connectivity index (χ3v) is 3.84. The smallest absolute Gasteiger partial charge is 0.229 e. The molecule has 1 aromatic carbocycles. The summed E-state index contributed by atoms with van der Waals surface area (Å²) in [4.78, 5) is 12.2. The minimum absolute atomic E-state index is 0.0544. The number of rotatable bonds is 4. The molecule has 1 aliphatic rings. The first-order valence-corrected chi connectivity index (χ1v) is 7.46. The number of hydrogen-bond acceptors (Lipinski definition) is 7. The van der Waals surface area contributed by atoms with Crippen molar-refractivity contribution in [3.8, 4) is 5.75 Å². The second-order valence-electron chi connectivity index (χ2n) is 5.87. The van der Waals surface area contributed by atoms with Gasteiger partial charge in [0.1, 0.15) is 24.4 Å². The summed E-state index contributed by atoms with van der Waals surface area (Å²) < 4.78 is 10.6. The van der Waals surface area contributed by atoms with Gasteiger partial charge >= 0.3 is 0 Å². The summed E-state index contributed by atoms with van der Waals surface area (Å²) in [7, 11) is 0. The second-order valence-corrected chi connectivity index (χ2v) is 5.87. The van der Waals surface area contributed by atoms with Gasteiger partial charge in [-0.2, -0.15) is 0 Å². The van der Waals surface area contributed by atoms with Gasteiger partial charge in [-0.3, -0.25) is 4.79 Å². The van der Waals surface area contributed by atoms with Crippen LogP contribution in [0.2, 0.25) is 0 Å². The van der Waals surface area contributed by atoms with E-state index < -0.39 is 42.7 Å². The van der Waals surface area contributed by atoms with Crippen LogP contribution in [-0.4, -0.2) is 57.7 Å². The Morgan fingerprint density at radius 3 is 2.48 bits per heavy atom. The first-order valence-electron chi connectivity index (χ1n) is 7.46. The summed E-state index contributed by atoms with van der Waals surface area (Å²) in [6, 6.07) is 6.31. The Balaban J connectivity index is 2.25. The van der Waals surface area contributed by atoms with Crippen molar-refractivity contribution in [2.75, 3.05) is 6.61 Å². The lowest BCUT2D eigenvalue weighted by Crippen LogP contribution is -2.60. The lowest BCUT2D eigenvalue weighted by atomic mass is 9.99. The van der Waals surface area contributed by atoms with Crippen LogP contribution in [0.15, 0.2) is 29.1 Å². The van der Waals surface area contributed by atoms with Gasteiger partial charge in [0.05, 0.1) is 6.61 Å². The van der Waals surface area contributed by atoms with Gasteiger partial charge in [0.25, 0.3) is 0 Å². The fraction of sp³-hybridized carbons (Fsp3) is 0.562. The third-order valence-electron chi connectivity index (χ3n) is 3.84. The summed E-state index contributed by atoms with van der Waals surface area (Å²) >= 11 is 0. The minimum atomic E-state index is -1.55. The Morgan fingerprint density at radius 1 is 1.17 bits per heavy atom. The molecule has 0 amide bonds. The first kappa shape index (κ1) is 17.8. The van der Waals surface area contributed by atoms with Crippen molar-refractivity contribution >= 4 is 0 Å². The number of hydrogen-bond donors (Lipinski definition) is 4. The van der Waals surface area contributed by atoms with E-state index in [0.29, 0.717) is 0 Å². The zero-order valence-corrected chi connectivity index (χ0v) is 13.0. The van der Waals surface area contributed by atoms with Gasteiger partial charge < -0.3 is 29.9 Å². The highest BCUT2D eigenvalue weighted by Crippen LogP contribution is 2.23. The first-order chi connectivity index (χ1) is 10.8. The third kappa shape index (κ3) is 3.88. The van der Waals surface area contributed by atoms with E-state index in [1.165, 1.54) is 12.1 Å². The van der Waals surface area contributed by atoms with E-state index in [9.17, 15) is 20.1 Å². The van der Waals surface area contributed by atoms with Crippen LogP contribution in [0.3, 0.4) is 0 Å². The molecular formula is C16H22O7. The van der Waals surface area contributed by atoms with E-state index in [0.717, 1.165) is 5.56 Å². The number of aliphatic hydroxyl groups excluding tert-OH is 4. The molecule has 23 heavy (non-hydrogen) atoms. The maximum absolute atomic E-state index is 12.2. The van der Waals surface area contributed by atoms with Crippen molar-refractivity contribution in [1.29, 1.82) is 0 Å². The highest BCUT2D eigenvalue weighted by molar-refractivity contribution is 5.27. The fourth-order valence-electron chi connectivity index (χ4n) is 2.35. The van der Waals surface area contributed by atoms with Gasteiger partial charge in [-0.1, -0.05) is 26.0 Å². The maximum atomic E-state index is 12.2. The van der Waals surface area contributed by atoms with Crippen molar-refractivity contribution in [2.45, 2.75) is 50.5 Å². The molecule has 2 rings (SSSR count). The molecule has 0 radical (unpaired) electrons. The summed E-state index contributed by atoms with van der Waals surface area (Å²) in [5.41, 5.74) is 0.439. The van der Waals surface area contributed by atoms with Crippen molar-refractivity contribution in [3.05, 3.63) is 40.1 Å². The van der Waals surface area contributed by atoms with Crippen molar-refractivity contribution in [1.82, 2.24) is 0 Å². The topological polar surface area (TPSA) is 116 Å². The molecule has 7 nitrogen and oxygen atoms in total. The van der Waals surface area contributed by atoms with Crippen LogP contribution < -0.4 is 10.2 Å². The molecule has 1 fully saturated rings. The summed E-state index contributed by atoms with van der Waals surface area (Å²) in [5.74, 6) is 0.108. The molecule has 4 N–H and O–H groups in total. The van der Waals surface area contributed by atoms with Crippen LogP contribution >= 0.6 is 0 Å². The van der Waals surface area contributed by atoms with Crippen LogP contribution in [0.25, 0.3) is 0 Å². The average molecular weight is 326 g/mol. The molecule has 5 atom stereocenters. The van der Waals surface area contributed by atoms with Crippen LogP contribution in [0, 0.1) is 0 Å². The zero-order valence-electron chi connectivity index (χ0n) is 13.0. The minimum Gasteiger partial charge on any atom is -0.458 e. The predicted molar refractivity (Wildman–Crippen MR) is 81.2 cm³/mol. The molecule has 1 heterocycles. The highest BCUT2D eigenvalue weighted by atomic mass is 16.7. The van der Waals surface area contributed by atoms with E-state index in [1.54, 1.807) is 12.1 Å². The van der Waals surface area contributed by atoms with Crippen LogP contribution in [0.4, 0.5) is 0 Å². The average Bonchev–Trinajstić information content (AvgIpc) is 2.70. The highest BCUT2D eigenvalue weighted by Gasteiger charge is 2.44. The van der Waals surface area contributed by atoms with E-state index in [2.05, 4.69) is 0 Å². The van der Waals surface area contributed by atoms with Crippen LogP contribution in [-0.2, 0) is 4.74 Å². The van der Waals surface area contributed by atoms with Crippen molar-refractivity contribution < 1.29 is 29.9 Å². The molecule has 7 heteroatoms. The van der Waals surface area contributed by atoms with E-state index in [1.807, 2.05) is 13.8 Å². The molecule has 1 aromatic rings. The molecule has 0 unspecified atom stereocenters. The lowest BCUT2D eigenvalue weighted by Gasteiger charge is -2.39.